The minimum Gasteiger partial charge on any atom is -0.373 e. The molecule has 0 bridgehead atoms. The molecule has 0 aromatic heterocycles. The highest BCUT2D eigenvalue weighted by molar-refractivity contribution is 8.27. The summed E-state index contributed by atoms with van der Waals surface area (Å²) in [5.41, 5.74) is 12.3. The summed E-state index contributed by atoms with van der Waals surface area (Å²) in [6.45, 7) is 7.09. The predicted molar refractivity (Wildman–Crippen MR) is 99.6 cm³/mol. The van der Waals surface area contributed by atoms with Crippen LogP contribution in [0, 0.1) is 27.7 Å². The zero-order valence-corrected chi connectivity index (χ0v) is 16.8. The lowest BCUT2D eigenvalue weighted by molar-refractivity contribution is 0.00269. The second-order valence-electron chi connectivity index (χ2n) is 5.93. The quantitative estimate of drug-likeness (QED) is 0.251. The van der Waals surface area contributed by atoms with Gasteiger partial charge in [0.1, 0.15) is 11.5 Å². The number of hydrogen-bond donors (Lipinski definition) is 0. The van der Waals surface area contributed by atoms with Gasteiger partial charge in [-0.2, -0.15) is 16.8 Å². The van der Waals surface area contributed by atoms with Crippen LogP contribution in [0.1, 0.15) is 22.3 Å². The van der Waals surface area contributed by atoms with Crippen molar-refractivity contribution in [3.05, 3.63) is 64.2 Å². The minimum atomic E-state index is -4.96. The average Bonchev–Trinajstić information content (AvgIpc) is 2.54. The average molecular weight is 410 g/mol. The maximum Gasteiger partial charge on any atom is 0.568 e. The van der Waals surface area contributed by atoms with E-state index in [1.165, 1.54) is 24.3 Å². The van der Waals surface area contributed by atoms with Crippen molar-refractivity contribution in [2.75, 3.05) is 0 Å². The number of benzene rings is 2. The monoisotopic (exact) mass is 410 g/mol. The van der Waals surface area contributed by atoms with Crippen LogP contribution < -0.4 is 8.37 Å². The van der Waals surface area contributed by atoms with Gasteiger partial charge < -0.3 is 13.9 Å². The van der Waals surface area contributed by atoms with Crippen molar-refractivity contribution in [3.8, 4) is 11.5 Å². The fourth-order valence-electron chi connectivity index (χ4n) is 2.08. The van der Waals surface area contributed by atoms with E-state index in [9.17, 15) is 16.8 Å². The second-order valence-corrected chi connectivity index (χ2v) is 9.11. The molecule has 10 heteroatoms. The van der Waals surface area contributed by atoms with Crippen LogP contribution >= 0.6 is 0 Å². The molecule has 2 aromatic carbocycles. The van der Waals surface area contributed by atoms with Crippen LogP contribution in [0.15, 0.2) is 36.4 Å². The maximum atomic E-state index is 12.3. The molecule has 2 aromatic rings. The Labute approximate surface area is 158 Å². The van der Waals surface area contributed by atoms with Crippen molar-refractivity contribution in [1.82, 2.24) is 0 Å². The number of rotatable bonds is 4. The number of hydrogen-bond acceptors (Lipinski definition) is 6. The molecule has 0 heterocycles. The third-order valence-corrected chi connectivity index (χ3v) is 6.95. The highest BCUT2D eigenvalue weighted by Crippen LogP contribution is 2.22. The zero-order chi connectivity index (χ0) is 20.4. The van der Waals surface area contributed by atoms with Crippen LogP contribution in [-0.2, 0) is 20.2 Å². The van der Waals surface area contributed by atoms with Crippen LogP contribution in [0.25, 0.3) is 5.53 Å². The normalized spacial score (nSPS) is 11.6. The molecule has 0 saturated carbocycles. The SMILES string of the molecule is Cc1ccc(OS(=O)(=O)C(=[N+]=[N-])S(=O)(=O)Oc2ccc(C)c(C)c2)cc1C. The molecular formula is C17H18N2O6S2. The van der Waals surface area contributed by atoms with Crippen LogP contribution in [0.4, 0.5) is 0 Å². The molecule has 0 fully saturated rings. The Morgan fingerprint density at radius 2 is 1.11 bits per heavy atom. The molecule has 0 saturated heterocycles. The molecule has 2 rings (SSSR count). The van der Waals surface area contributed by atoms with E-state index in [4.69, 9.17) is 13.9 Å². The first-order valence-electron chi connectivity index (χ1n) is 7.72. The van der Waals surface area contributed by atoms with Gasteiger partial charge in [0.25, 0.3) is 0 Å². The number of aryl methyl sites for hydroxylation is 4. The third-order valence-electron chi connectivity index (χ3n) is 3.88. The Balaban J connectivity index is 2.36. The molecule has 0 aliphatic rings. The Kier molecular flexibility index (Phi) is 5.74. The lowest BCUT2D eigenvalue weighted by atomic mass is 10.1. The topological polar surface area (TPSA) is 123 Å². The molecule has 0 aliphatic carbocycles. The lowest BCUT2D eigenvalue weighted by Crippen LogP contribution is -2.32. The first kappa shape index (κ1) is 20.6. The smallest absolute Gasteiger partial charge is 0.373 e. The van der Waals surface area contributed by atoms with E-state index in [1.807, 2.05) is 13.8 Å². The molecule has 0 atom stereocenters. The molecule has 0 amide bonds. The molecule has 0 spiro atoms. The summed E-state index contributed by atoms with van der Waals surface area (Å²) >= 11 is 0. The van der Waals surface area contributed by atoms with Crippen molar-refractivity contribution in [1.29, 1.82) is 0 Å². The van der Waals surface area contributed by atoms with E-state index in [1.54, 1.807) is 26.0 Å². The minimum absolute atomic E-state index is 0.124. The van der Waals surface area contributed by atoms with Crippen molar-refractivity contribution < 1.29 is 30.0 Å². The van der Waals surface area contributed by atoms with Gasteiger partial charge in [0.2, 0.25) is 0 Å². The van der Waals surface area contributed by atoms with Gasteiger partial charge >= 0.3 is 24.6 Å². The molecule has 144 valence electrons. The summed E-state index contributed by atoms with van der Waals surface area (Å²) in [7, 11) is -9.93. The van der Waals surface area contributed by atoms with Crippen molar-refractivity contribution in [3.63, 3.8) is 0 Å². The van der Waals surface area contributed by atoms with Crippen molar-refractivity contribution in [2.24, 2.45) is 0 Å². The number of nitrogens with zero attached hydrogens (tertiary/aromatic N) is 2. The Bertz CT molecular complexity index is 1060. The largest absolute Gasteiger partial charge is 0.568 e. The van der Waals surface area contributed by atoms with E-state index in [2.05, 4.69) is 4.79 Å². The van der Waals surface area contributed by atoms with Gasteiger partial charge in [-0.3, -0.25) is 0 Å². The Morgan fingerprint density at radius 3 is 1.41 bits per heavy atom. The van der Waals surface area contributed by atoms with E-state index < -0.39 is 24.6 Å². The van der Waals surface area contributed by atoms with Gasteiger partial charge in [0.05, 0.1) is 0 Å². The van der Waals surface area contributed by atoms with Gasteiger partial charge in [-0.05, 0) is 74.2 Å². The van der Waals surface area contributed by atoms with Crippen LogP contribution in [-0.4, -0.2) is 26.0 Å². The van der Waals surface area contributed by atoms with Crippen molar-refractivity contribution >= 4 is 24.6 Å². The van der Waals surface area contributed by atoms with Gasteiger partial charge in [-0.25, -0.2) is 0 Å². The van der Waals surface area contributed by atoms with Gasteiger partial charge in [0.15, 0.2) is 0 Å². The summed E-state index contributed by atoms with van der Waals surface area (Å²) in [5.74, 6) is -0.249. The molecule has 0 unspecified atom stereocenters. The predicted octanol–water partition coefficient (Wildman–Crippen LogP) is 2.62. The molecule has 0 aliphatic heterocycles. The summed E-state index contributed by atoms with van der Waals surface area (Å²) in [6.07, 6.45) is 0. The fourth-order valence-corrected chi connectivity index (χ4v) is 4.34. The fraction of sp³-hybridized carbons (Fsp3) is 0.235. The standard InChI is InChI=1S/C17H18N2O6S2/c1-11-5-7-15(9-13(11)3)24-26(20,21)17(19-18)27(22,23)25-16-8-6-12(2)14(4)10-16/h5-10H,1-4H3. The molecule has 0 radical (unpaired) electrons. The third kappa shape index (κ3) is 4.73. The first-order chi connectivity index (χ1) is 12.5. The zero-order valence-electron chi connectivity index (χ0n) is 15.1. The second kappa shape index (κ2) is 7.51. The van der Waals surface area contributed by atoms with E-state index in [0.29, 0.717) is 0 Å². The molecular weight excluding hydrogens is 392 g/mol. The van der Waals surface area contributed by atoms with Crippen LogP contribution in [0.2, 0.25) is 0 Å². The summed E-state index contributed by atoms with van der Waals surface area (Å²) < 4.78 is 57.2. The summed E-state index contributed by atoms with van der Waals surface area (Å²) in [6, 6.07) is 8.75. The van der Waals surface area contributed by atoms with E-state index in [0.717, 1.165) is 22.3 Å². The molecule has 27 heavy (non-hydrogen) atoms. The van der Waals surface area contributed by atoms with Gasteiger partial charge in [0, 0.05) is 0 Å². The highest BCUT2D eigenvalue weighted by atomic mass is 32.3. The van der Waals surface area contributed by atoms with E-state index in [-0.39, 0.29) is 11.5 Å². The van der Waals surface area contributed by atoms with Crippen molar-refractivity contribution in [2.45, 2.75) is 27.7 Å². The molecule has 0 N–H and O–H groups in total. The Hall–Kier alpha value is -2.68. The summed E-state index contributed by atoms with van der Waals surface area (Å²) in [5, 5.41) is 0. The Morgan fingerprint density at radius 1 is 0.741 bits per heavy atom. The van der Waals surface area contributed by atoms with Crippen LogP contribution in [0.3, 0.4) is 0 Å². The van der Waals surface area contributed by atoms with Gasteiger partial charge in [-0.15, -0.1) is 4.79 Å². The molecule has 8 nitrogen and oxygen atoms in total. The van der Waals surface area contributed by atoms with Crippen LogP contribution in [0.5, 0.6) is 11.5 Å². The lowest BCUT2D eigenvalue weighted by Gasteiger charge is -2.08. The maximum absolute atomic E-state index is 12.3. The highest BCUT2D eigenvalue weighted by Gasteiger charge is 2.46. The van der Waals surface area contributed by atoms with E-state index >= 15 is 0 Å². The first-order valence-corrected chi connectivity index (χ1v) is 10.5. The summed E-state index contributed by atoms with van der Waals surface area (Å²) in [4.78, 5) is 2.39. The van der Waals surface area contributed by atoms with Gasteiger partial charge in [-0.1, -0.05) is 12.1 Å².